The number of rotatable bonds is 0. The summed E-state index contributed by atoms with van der Waals surface area (Å²) in [5.41, 5.74) is 0. The maximum atomic E-state index is 8.74. The van der Waals surface area contributed by atoms with E-state index >= 15 is 0 Å². The topological polar surface area (TPSA) is 81.6 Å². The van der Waals surface area contributed by atoms with Gasteiger partial charge in [-0.1, -0.05) is 0 Å². The van der Waals surface area contributed by atoms with E-state index in [2.05, 4.69) is 10.6 Å². The summed E-state index contributed by atoms with van der Waals surface area (Å²) < 4.78 is 8.74. The first-order chi connectivity index (χ1) is 4.73. The van der Waals surface area contributed by atoms with Gasteiger partial charge in [0.15, 0.2) is 0 Å². The second-order valence-corrected chi connectivity index (χ2v) is 2.35. The Morgan fingerprint density at radius 3 is 1.27 bits per heavy atom. The van der Waals surface area contributed by atoms with Crippen molar-refractivity contribution < 1.29 is 14.4 Å². The van der Waals surface area contributed by atoms with Crippen molar-refractivity contribution in [3.63, 3.8) is 0 Å². The SMILES string of the molecule is C1CNCCN1.Cl.O=[PH](O)O. The molecule has 1 saturated heterocycles. The lowest BCUT2D eigenvalue weighted by Gasteiger charge is -2.11. The van der Waals surface area contributed by atoms with Gasteiger partial charge in [0.1, 0.15) is 0 Å². The fourth-order valence-electron chi connectivity index (χ4n) is 0.604. The summed E-state index contributed by atoms with van der Waals surface area (Å²) in [6.07, 6.45) is 0. The Bertz CT molecular complexity index is 85.8. The quantitative estimate of drug-likeness (QED) is 0.379. The molecule has 0 unspecified atom stereocenters. The number of piperazine rings is 1. The molecule has 0 bridgehead atoms. The van der Waals surface area contributed by atoms with Crippen LogP contribution in [-0.2, 0) is 4.57 Å². The van der Waals surface area contributed by atoms with Gasteiger partial charge < -0.3 is 20.4 Å². The van der Waals surface area contributed by atoms with E-state index in [1.807, 2.05) is 0 Å². The van der Waals surface area contributed by atoms with Gasteiger partial charge in [-0.2, -0.15) is 0 Å². The largest absolute Gasteiger partial charge is 0.326 e. The second kappa shape index (κ2) is 10.4. The van der Waals surface area contributed by atoms with Gasteiger partial charge in [0.2, 0.25) is 0 Å². The lowest BCUT2D eigenvalue weighted by atomic mass is 10.4. The normalized spacial score (nSPS) is 16.3. The van der Waals surface area contributed by atoms with E-state index in [9.17, 15) is 0 Å². The third-order valence-electron chi connectivity index (χ3n) is 0.957. The molecule has 0 aromatic rings. The Morgan fingerprint density at radius 1 is 1.00 bits per heavy atom. The third kappa shape index (κ3) is 17.9. The third-order valence-corrected chi connectivity index (χ3v) is 0.957. The lowest BCUT2D eigenvalue weighted by molar-refractivity contribution is 0.405. The van der Waals surface area contributed by atoms with Crippen molar-refractivity contribution >= 4 is 20.7 Å². The van der Waals surface area contributed by atoms with E-state index in [-0.39, 0.29) is 12.4 Å². The van der Waals surface area contributed by atoms with Gasteiger partial charge >= 0.3 is 8.25 Å². The first-order valence-corrected chi connectivity index (χ1v) is 4.37. The summed E-state index contributed by atoms with van der Waals surface area (Å²) in [4.78, 5) is 14.3. The summed E-state index contributed by atoms with van der Waals surface area (Å²) >= 11 is 0. The molecule has 1 aliphatic heterocycles. The Morgan fingerprint density at radius 2 is 1.18 bits per heavy atom. The zero-order valence-electron chi connectivity index (χ0n) is 6.04. The molecule has 7 heteroatoms. The van der Waals surface area contributed by atoms with Crippen molar-refractivity contribution in [2.24, 2.45) is 0 Å². The summed E-state index contributed by atoms with van der Waals surface area (Å²) in [5, 5.41) is 6.44. The summed E-state index contributed by atoms with van der Waals surface area (Å²) in [6, 6.07) is 0. The predicted octanol–water partition coefficient (Wildman–Crippen LogP) is -1.04. The molecule has 0 spiro atoms. The molecule has 11 heavy (non-hydrogen) atoms. The minimum atomic E-state index is -3.13. The van der Waals surface area contributed by atoms with Gasteiger partial charge in [-0.3, -0.25) is 4.57 Å². The molecule has 0 radical (unpaired) electrons. The van der Waals surface area contributed by atoms with Crippen LogP contribution in [-0.4, -0.2) is 36.0 Å². The van der Waals surface area contributed by atoms with E-state index < -0.39 is 8.25 Å². The van der Waals surface area contributed by atoms with E-state index in [1.54, 1.807) is 0 Å². The fraction of sp³-hybridized carbons (Fsp3) is 1.00. The van der Waals surface area contributed by atoms with E-state index in [4.69, 9.17) is 14.4 Å². The monoisotopic (exact) mass is 204 g/mol. The van der Waals surface area contributed by atoms with E-state index in [0.717, 1.165) is 26.2 Å². The van der Waals surface area contributed by atoms with Crippen molar-refractivity contribution in [2.75, 3.05) is 26.2 Å². The van der Waals surface area contributed by atoms with Gasteiger partial charge in [0.05, 0.1) is 0 Å². The second-order valence-electron chi connectivity index (χ2n) is 1.78. The molecule has 4 N–H and O–H groups in total. The average Bonchev–Trinajstić information content (AvgIpc) is 1.90. The first-order valence-electron chi connectivity index (χ1n) is 3.07. The van der Waals surface area contributed by atoms with Crippen LogP contribution in [0.5, 0.6) is 0 Å². The average molecular weight is 205 g/mol. The van der Waals surface area contributed by atoms with Gasteiger partial charge in [0, 0.05) is 26.2 Å². The lowest BCUT2D eigenvalue weighted by Crippen LogP contribution is -2.39. The smallest absolute Gasteiger partial charge is 0.314 e. The standard InChI is InChI=1S/C4H10N2.ClH.H3O3P/c1-2-6-4-3-5-1;;1-4(2)3/h5-6H,1-4H2;1H;4H,(H2,1,2,3). The van der Waals surface area contributed by atoms with Crippen LogP contribution in [0.4, 0.5) is 0 Å². The molecule has 0 amide bonds. The number of hydrogen-bond acceptors (Lipinski definition) is 3. The van der Waals surface area contributed by atoms with Crippen molar-refractivity contribution in [2.45, 2.75) is 0 Å². The molecule has 1 rings (SSSR count). The molecular weight excluding hydrogens is 190 g/mol. The zero-order chi connectivity index (χ0) is 7.82. The maximum Gasteiger partial charge on any atom is 0.314 e. The van der Waals surface area contributed by atoms with Crippen molar-refractivity contribution in [1.29, 1.82) is 0 Å². The summed E-state index contributed by atoms with van der Waals surface area (Å²) in [6.45, 7) is 4.56. The van der Waals surface area contributed by atoms with Crippen LogP contribution in [0.1, 0.15) is 0 Å². The Labute approximate surface area is 72.6 Å². The molecule has 1 fully saturated rings. The Balaban J connectivity index is 0. The number of hydrogen-bond donors (Lipinski definition) is 4. The Kier molecular flexibility index (Phi) is 13.1. The molecular formula is C4H14ClN2O3P. The summed E-state index contributed by atoms with van der Waals surface area (Å²) in [5.74, 6) is 0. The predicted molar refractivity (Wildman–Crippen MR) is 46.4 cm³/mol. The molecule has 1 aliphatic rings. The van der Waals surface area contributed by atoms with Crippen LogP contribution in [0.2, 0.25) is 0 Å². The highest BCUT2D eigenvalue weighted by Crippen LogP contribution is 1.98. The molecule has 0 aromatic heterocycles. The number of halogens is 1. The van der Waals surface area contributed by atoms with Crippen LogP contribution in [0.3, 0.4) is 0 Å². The fourth-order valence-corrected chi connectivity index (χ4v) is 0.604. The highest BCUT2D eigenvalue weighted by atomic mass is 35.5. The van der Waals surface area contributed by atoms with Crippen molar-refractivity contribution in [1.82, 2.24) is 10.6 Å². The minimum absolute atomic E-state index is 0. The molecule has 70 valence electrons. The van der Waals surface area contributed by atoms with E-state index in [0.29, 0.717) is 0 Å². The van der Waals surface area contributed by atoms with Crippen LogP contribution in [0.25, 0.3) is 0 Å². The van der Waals surface area contributed by atoms with Gasteiger partial charge in [-0.25, -0.2) is 0 Å². The minimum Gasteiger partial charge on any atom is -0.326 e. The van der Waals surface area contributed by atoms with Crippen molar-refractivity contribution in [3.05, 3.63) is 0 Å². The van der Waals surface area contributed by atoms with Crippen LogP contribution in [0.15, 0.2) is 0 Å². The van der Waals surface area contributed by atoms with Crippen LogP contribution >= 0.6 is 20.7 Å². The first kappa shape index (κ1) is 13.9. The van der Waals surface area contributed by atoms with Gasteiger partial charge in [-0.15, -0.1) is 12.4 Å². The van der Waals surface area contributed by atoms with E-state index in [1.165, 1.54) is 0 Å². The molecule has 0 aliphatic carbocycles. The highest BCUT2D eigenvalue weighted by Gasteiger charge is 1.91. The number of nitrogens with one attached hydrogen (secondary N) is 2. The molecule has 0 saturated carbocycles. The molecule has 1 heterocycles. The Hall–Kier alpha value is 0.360. The van der Waals surface area contributed by atoms with Gasteiger partial charge in [-0.05, 0) is 0 Å². The van der Waals surface area contributed by atoms with Crippen LogP contribution < -0.4 is 10.6 Å². The molecule has 5 nitrogen and oxygen atoms in total. The molecule has 0 aromatic carbocycles. The van der Waals surface area contributed by atoms with Gasteiger partial charge in [0.25, 0.3) is 0 Å². The molecule has 0 atom stereocenters. The van der Waals surface area contributed by atoms with Crippen LogP contribution in [0, 0.1) is 0 Å². The highest BCUT2D eigenvalue weighted by molar-refractivity contribution is 7.30. The summed E-state index contributed by atoms with van der Waals surface area (Å²) in [7, 11) is -3.13. The maximum absolute atomic E-state index is 8.74. The zero-order valence-corrected chi connectivity index (χ0v) is 7.86. The van der Waals surface area contributed by atoms with Crippen molar-refractivity contribution in [3.8, 4) is 0 Å².